The Morgan fingerprint density at radius 1 is 0.783 bits per heavy atom. The van der Waals surface area contributed by atoms with Gasteiger partial charge in [-0.05, 0) is 90.2 Å². The van der Waals surface area contributed by atoms with Crippen molar-refractivity contribution in [1.82, 2.24) is 4.57 Å². The fourth-order valence-corrected chi connectivity index (χ4v) is 10.3. The van der Waals surface area contributed by atoms with Gasteiger partial charge in [-0.15, -0.1) is 34.0 Å². The number of aliphatic carboxylic acids is 1. The first-order valence-corrected chi connectivity index (χ1v) is 17.7. The Labute approximate surface area is 278 Å². The largest absolute Gasteiger partial charge is 0.477 e. The van der Waals surface area contributed by atoms with Crippen LogP contribution in [0.25, 0.3) is 63.5 Å². The first-order valence-electron chi connectivity index (χ1n) is 15.3. The normalized spacial score (nSPS) is 13.6. The maximum absolute atomic E-state index is 11.2. The molecule has 5 heterocycles. The summed E-state index contributed by atoms with van der Waals surface area (Å²) in [6, 6.07) is 37.0. The van der Waals surface area contributed by atoms with Gasteiger partial charge in [-0.3, -0.25) is 0 Å². The minimum absolute atomic E-state index is 0.00491. The highest BCUT2D eigenvalue weighted by Crippen LogP contribution is 2.51. The van der Waals surface area contributed by atoms with Gasteiger partial charge in [0.05, 0.1) is 16.7 Å². The average Bonchev–Trinajstić information content (AvgIpc) is 3.90. The van der Waals surface area contributed by atoms with E-state index in [1.165, 1.54) is 76.2 Å². The number of hydrogen-bond donors (Lipinski definition) is 1. The van der Waals surface area contributed by atoms with Gasteiger partial charge < -0.3 is 9.67 Å². The number of rotatable bonds is 7. The molecule has 1 aliphatic heterocycles. The van der Waals surface area contributed by atoms with Crippen LogP contribution in [0.1, 0.15) is 42.7 Å². The predicted molar refractivity (Wildman–Crippen MR) is 193 cm³/mol. The lowest BCUT2D eigenvalue weighted by atomic mass is 9.68. The smallest absolute Gasteiger partial charge is 0.346 e. The summed E-state index contributed by atoms with van der Waals surface area (Å²) in [5.74, 6) is -1.21. The summed E-state index contributed by atoms with van der Waals surface area (Å²) in [5, 5.41) is 20.9. The van der Waals surface area contributed by atoms with Crippen LogP contribution in [0, 0.1) is 11.3 Å². The predicted octanol–water partition coefficient (Wildman–Crippen LogP) is 11.4. The Bertz CT molecular complexity index is 2400. The Hall–Kier alpha value is -4.74. The molecule has 4 aromatic heterocycles. The van der Waals surface area contributed by atoms with Crippen LogP contribution in [0.3, 0.4) is 0 Å². The van der Waals surface area contributed by atoms with Crippen molar-refractivity contribution in [2.45, 2.75) is 32.1 Å². The minimum atomic E-state index is -1.21. The molecule has 1 N–H and O–H groups in total. The highest BCUT2D eigenvalue weighted by molar-refractivity contribution is 7.27. The second-order valence-corrected chi connectivity index (χ2v) is 14.9. The van der Waals surface area contributed by atoms with E-state index in [-0.39, 0.29) is 11.0 Å². The van der Waals surface area contributed by atoms with Gasteiger partial charge in [-0.1, -0.05) is 56.3 Å². The summed E-state index contributed by atoms with van der Waals surface area (Å²) in [6.07, 6.45) is 3.55. The number of carboxylic acid groups (broad SMARTS) is 1. The van der Waals surface area contributed by atoms with Crippen molar-refractivity contribution < 1.29 is 9.90 Å². The molecule has 0 aliphatic carbocycles. The lowest BCUT2D eigenvalue weighted by Gasteiger charge is -2.39. The molecule has 3 aromatic carbocycles. The maximum Gasteiger partial charge on any atom is 0.346 e. The Kier molecular flexibility index (Phi) is 6.84. The quantitative estimate of drug-likeness (QED) is 0.138. The molecule has 4 nitrogen and oxygen atoms in total. The van der Waals surface area contributed by atoms with Gasteiger partial charge in [-0.25, -0.2) is 4.79 Å². The molecule has 0 atom stereocenters. The minimum Gasteiger partial charge on any atom is -0.477 e. The molecule has 8 rings (SSSR count). The number of carboxylic acids is 1. The Balaban J connectivity index is 1.17. The second kappa shape index (κ2) is 11.0. The maximum atomic E-state index is 11.2. The topological polar surface area (TPSA) is 66.0 Å². The van der Waals surface area contributed by atoms with Gasteiger partial charge in [0.25, 0.3) is 0 Å². The fraction of sp³-hybridized carbons (Fsp3) is 0.128. The molecule has 0 fully saturated rings. The van der Waals surface area contributed by atoms with Crippen LogP contribution in [0.4, 0.5) is 0 Å². The first-order chi connectivity index (χ1) is 22.5. The van der Waals surface area contributed by atoms with Crippen LogP contribution >= 0.6 is 34.0 Å². The number of thiophene rings is 3. The average molecular weight is 653 g/mol. The number of fused-ring (bicyclic) bond motifs is 5. The monoisotopic (exact) mass is 652 g/mol. The zero-order valence-electron chi connectivity index (χ0n) is 25.2. The Morgan fingerprint density at radius 2 is 1.43 bits per heavy atom. The highest BCUT2D eigenvalue weighted by Gasteiger charge is 2.39. The number of hydrogen-bond acceptors (Lipinski definition) is 5. The number of nitrogens with zero attached hydrogens (tertiary/aromatic N) is 2. The van der Waals surface area contributed by atoms with E-state index in [0.29, 0.717) is 0 Å². The number of nitriles is 1. The van der Waals surface area contributed by atoms with Crippen LogP contribution in [-0.2, 0) is 10.2 Å². The number of para-hydroxylation sites is 2. The third kappa shape index (κ3) is 4.25. The van der Waals surface area contributed by atoms with Crippen LogP contribution in [0.5, 0.6) is 0 Å². The van der Waals surface area contributed by atoms with Crippen LogP contribution in [-0.4, -0.2) is 15.6 Å². The van der Waals surface area contributed by atoms with Crippen molar-refractivity contribution >= 4 is 67.9 Å². The zero-order chi connectivity index (χ0) is 31.6. The van der Waals surface area contributed by atoms with Crippen LogP contribution in [0.15, 0.2) is 103 Å². The molecule has 0 spiro atoms. The summed E-state index contributed by atoms with van der Waals surface area (Å²) in [7, 11) is 0. The molecule has 46 heavy (non-hydrogen) atoms. The van der Waals surface area contributed by atoms with Gasteiger partial charge in [0, 0.05) is 45.5 Å². The molecule has 0 bridgehead atoms. The van der Waals surface area contributed by atoms with Crippen LogP contribution in [0.2, 0.25) is 0 Å². The molecule has 7 heteroatoms. The molecule has 7 aromatic rings. The van der Waals surface area contributed by atoms with E-state index >= 15 is 0 Å². The molecule has 1 aliphatic rings. The highest BCUT2D eigenvalue weighted by atomic mass is 32.1. The molecule has 224 valence electrons. The van der Waals surface area contributed by atoms with Gasteiger partial charge in [0.1, 0.15) is 11.6 Å². The van der Waals surface area contributed by atoms with Crippen molar-refractivity contribution in [2.75, 3.05) is 0 Å². The lowest BCUT2D eigenvalue weighted by Crippen LogP contribution is -2.31. The second-order valence-electron chi connectivity index (χ2n) is 11.6. The van der Waals surface area contributed by atoms with Crippen molar-refractivity contribution in [2.24, 2.45) is 0 Å². The molecule has 0 saturated heterocycles. The fourth-order valence-electron chi connectivity index (χ4n) is 7.16. The number of benzene rings is 3. The van der Waals surface area contributed by atoms with Crippen molar-refractivity contribution in [3.63, 3.8) is 0 Å². The summed E-state index contributed by atoms with van der Waals surface area (Å²) in [5.41, 5.74) is 7.69. The summed E-state index contributed by atoms with van der Waals surface area (Å²) in [6.45, 7) is 4.65. The van der Waals surface area contributed by atoms with E-state index < -0.39 is 5.97 Å². The molecule has 0 saturated carbocycles. The number of aromatic nitrogens is 1. The summed E-state index contributed by atoms with van der Waals surface area (Å²) in [4.78, 5) is 17.8. The summed E-state index contributed by atoms with van der Waals surface area (Å²) < 4.78 is 2.49. The molecular weight excluding hydrogens is 625 g/mol. The summed E-state index contributed by atoms with van der Waals surface area (Å²) >= 11 is 5.01. The SMILES string of the molecule is CCC1(CC)c2ccccc2-n2c3ccc(-c4ccc(-c5ccc(-c6ccc(/C=C(/C#N)C(=O)O)s6)s5)s4)cc3c3cccc1c32. The van der Waals surface area contributed by atoms with Crippen molar-refractivity contribution in [3.8, 4) is 41.7 Å². The molecule has 0 unspecified atom stereocenters. The first kappa shape index (κ1) is 28.7. The van der Waals surface area contributed by atoms with Gasteiger partial charge in [0.15, 0.2) is 0 Å². The lowest BCUT2D eigenvalue weighted by molar-refractivity contribution is -0.132. The molecule has 0 radical (unpaired) electrons. The zero-order valence-corrected chi connectivity index (χ0v) is 27.7. The van der Waals surface area contributed by atoms with E-state index in [4.69, 9.17) is 5.26 Å². The molecular formula is C39H28N2O2S3. The van der Waals surface area contributed by atoms with Gasteiger partial charge in [0.2, 0.25) is 0 Å². The standard InChI is InChI=1S/C39H28N2O2S3/c1-3-39(4-2)28-9-5-6-11-31(28)41-30-14-12-23(21-27(30)26-8-7-10-29(39)37(26)41)32-16-17-35(45-32)36-19-18-34(46-36)33-15-13-25(44-33)20-24(22-40)38(42)43/h5-21H,3-4H2,1-2H3,(H,42,43)/b24-20-. The van der Waals surface area contributed by atoms with E-state index in [0.717, 1.165) is 27.5 Å². The number of carbonyl (C=O) groups is 1. The third-order valence-corrected chi connectivity index (χ3v) is 13.1. The van der Waals surface area contributed by atoms with Crippen molar-refractivity contribution in [1.29, 1.82) is 5.26 Å². The van der Waals surface area contributed by atoms with Crippen molar-refractivity contribution in [3.05, 3.63) is 119 Å². The third-order valence-electron chi connectivity index (χ3n) is 9.42. The van der Waals surface area contributed by atoms with Gasteiger partial charge >= 0.3 is 5.97 Å². The van der Waals surface area contributed by atoms with E-state index in [9.17, 15) is 9.90 Å². The Morgan fingerprint density at radius 3 is 2.15 bits per heavy atom. The van der Waals surface area contributed by atoms with E-state index in [1.807, 2.05) is 12.1 Å². The van der Waals surface area contributed by atoms with E-state index in [1.54, 1.807) is 28.7 Å². The van der Waals surface area contributed by atoms with Crippen LogP contribution < -0.4 is 0 Å². The van der Waals surface area contributed by atoms with Gasteiger partial charge in [-0.2, -0.15) is 5.26 Å². The van der Waals surface area contributed by atoms with E-state index in [2.05, 4.69) is 103 Å². The molecule has 0 amide bonds.